The summed E-state index contributed by atoms with van der Waals surface area (Å²) in [5.41, 5.74) is 4.68. The maximum absolute atomic E-state index is 13.4. The Balaban J connectivity index is 0.955. The molecule has 0 radical (unpaired) electrons. The summed E-state index contributed by atoms with van der Waals surface area (Å²) < 4.78 is 16.7. The van der Waals surface area contributed by atoms with Gasteiger partial charge in [0.25, 0.3) is 0 Å². The zero-order valence-corrected chi connectivity index (χ0v) is 17.6. The molecule has 31 heavy (non-hydrogen) atoms. The molecular weight excluding hydrogens is 393 g/mol. The van der Waals surface area contributed by atoms with Crippen molar-refractivity contribution in [3.05, 3.63) is 54.4 Å². The number of rotatable bonds is 6. The lowest BCUT2D eigenvalue weighted by Crippen LogP contribution is -2.63. The number of hydrogen-bond donors (Lipinski definition) is 1. The number of halogens is 1. The van der Waals surface area contributed by atoms with Gasteiger partial charge < -0.3 is 10.2 Å². The van der Waals surface area contributed by atoms with E-state index in [0.29, 0.717) is 11.1 Å². The molecule has 1 spiro atoms. The van der Waals surface area contributed by atoms with E-state index in [9.17, 15) is 4.39 Å². The Labute approximate surface area is 179 Å². The Bertz CT molecular complexity index is 1250. The average molecular weight is 420 g/mol. The second-order valence-corrected chi connectivity index (χ2v) is 9.39. The number of nitrogens with zero attached hydrogens (tertiary/aromatic N) is 6. The van der Waals surface area contributed by atoms with Gasteiger partial charge in [0.05, 0.1) is 11.7 Å². The number of anilines is 1. The van der Waals surface area contributed by atoms with Crippen LogP contribution in [0.3, 0.4) is 0 Å². The van der Waals surface area contributed by atoms with Crippen molar-refractivity contribution in [1.29, 1.82) is 0 Å². The zero-order valence-electron chi connectivity index (χ0n) is 17.6. The van der Waals surface area contributed by atoms with E-state index in [-0.39, 0.29) is 0 Å². The first-order valence-electron chi connectivity index (χ1n) is 10.9. The second kappa shape index (κ2) is 7.02. The first-order valence-corrected chi connectivity index (χ1v) is 10.9. The number of nitrogens with one attached hydrogen (secondary N) is 1. The largest absolute Gasteiger partial charge is 0.384 e. The van der Waals surface area contributed by atoms with Gasteiger partial charge in [-0.25, -0.2) is 0 Å². The van der Waals surface area contributed by atoms with Crippen molar-refractivity contribution >= 4 is 22.2 Å². The summed E-state index contributed by atoms with van der Waals surface area (Å²) in [6.07, 6.45) is 6.87. The molecule has 1 aromatic carbocycles. The van der Waals surface area contributed by atoms with Crippen molar-refractivity contribution in [3.8, 4) is 0 Å². The molecule has 4 heterocycles. The molecule has 1 saturated heterocycles. The van der Waals surface area contributed by atoms with E-state index in [2.05, 4.69) is 43.7 Å². The fourth-order valence-corrected chi connectivity index (χ4v) is 5.61. The normalized spacial score (nSPS) is 18.5. The monoisotopic (exact) mass is 419 g/mol. The van der Waals surface area contributed by atoms with Crippen LogP contribution in [0.4, 0.5) is 10.1 Å². The highest BCUT2D eigenvalue weighted by Crippen LogP contribution is 2.52. The fourth-order valence-electron chi connectivity index (χ4n) is 5.61. The quantitative estimate of drug-likeness (QED) is 0.520. The minimum atomic E-state index is -0.580. The van der Waals surface area contributed by atoms with E-state index in [1.54, 1.807) is 6.20 Å². The highest BCUT2D eigenvalue weighted by Gasteiger charge is 2.51. The van der Waals surface area contributed by atoms with Crippen LogP contribution in [0.5, 0.6) is 0 Å². The smallest absolute Gasteiger partial charge is 0.313 e. The van der Waals surface area contributed by atoms with E-state index in [1.165, 1.54) is 53.2 Å². The highest BCUT2D eigenvalue weighted by molar-refractivity contribution is 5.79. The van der Waals surface area contributed by atoms with Crippen LogP contribution in [0.25, 0.3) is 16.6 Å². The van der Waals surface area contributed by atoms with Crippen molar-refractivity contribution in [2.45, 2.75) is 19.3 Å². The first kappa shape index (κ1) is 18.7. The maximum Gasteiger partial charge on any atom is 0.313 e. The molecular formula is C23H26FN7. The van der Waals surface area contributed by atoms with Crippen LogP contribution in [0.1, 0.15) is 18.4 Å². The van der Waals surface area contributed by atoms with Gasteiger partial charge in [-0.05, 0) is 48.3 Å². The van der Waals surface area contributed by atoms with Crippen molar-refractivity contribution in [3.63, 3.8) is 0 Å². The Kier molecular flexibility index (Phi) is 4.24. The van der Waals surface area contributed by atoms with Crippen molar-refractivity contribution < 1.29 is 4.39 Å². The minimum absolute atomic E-state index is 0.522. The molecule has 0 atom stereocenters. The van der Waals surface area contributed by atoms with Gasteiger partial charge in [-0.3, -0.25) is 9.08 Å². The number of likely N-dealkylation sites (tertiary alicyclic amines) is 1. The molecule has 0 unspecified atom stereocenters. The van der Waals surface area contributed by atoms with Crippen molar-refractivity contribution in [2.24, 2.45) is 18.4 Å². The third-order valence-corrected chi connectivity index (χ3v) is 7.02. The van der Waals surface area contributed by atoms with Gasteiger partial charge in [0.15, 0.2) is 5.65 Å². The topological polar surface area (TPSA) is 63.3 Å². The third-order valence-electron chi connectivity index (χ3n) is 7.02. The molecule has 160 valence electrons. The van der Waals surface area contributed by atoms with Gasteiger partial charge in [0.1, 0.15) is 0 Å². The number of aromatic nitrogens is 5. The molecule has 3 aromatic heterocycles. The van der Waals surface area contributed by atoms with Gasteiger partial charge in [0.2, 0.25) is 0 Å². The SMILES string of the molecule is Cn1ncc2ccc(CC3CC4(C3)CN(CCNc3ccn5c(F)nnc5c3)C4)cc21. The van der Waals surface area contributed by atoms with Gasteiger partial charge in [-0.2, -0.15) is 9.49 Å². The van der Waals surface area contributed by atoms with Crippen LogP contribution in [0, 0.1) is 17.4 Å². The summed E-state index contributed by atoms with van der Waals surface area (Å²) in [5, 5.41) is 16.3. The molecule has 2 fully saturated rings. The van der Waals surface area contributed by atoms with E-state index < -0.39 is 6.08 Å². The van der Waals surface area contributed by atoms with E-state index in [1.807, 2.05) is 30.1 Å². The summed E-state index contributed by atoms with van der Waals surface area (Å²) in [6.45, 7) is 4.31. The fraction of sp³-hybridized carbons (Fsp3) is 0.435. The molecule has 0 bridgehead atoms. The molecule has 1 aliphatic carbocycles. The van der Waals surface area contributed by atoms with Crippen molar-refractivity contribution in [2.75, 3.05) is 31.5 Å². The number of aryl methyl sites for hydroxylation is 1. The van der Waals surface area contributed by atoms with Crippen molar-refractivity contribution in [1.82, 2.24) is 29.3 Å². The second-order valence-electron chi connectivity index (χ2n) is 9.39. The predicted octanol–water partition coefficient (Wildman–Crippen LogP) is 3.12. The van der Waals surface area contributed by atoms with E-state index in [0.717, 1.165) is 24.7 Å². The molecule has 6 rings (SSSR count). The lowest BCUT2D eigenvalue weighted by molar-refractivity contribution is -0.0916. The minimum Gasteiger partial charge on any atom is -0.384 e. The maximum atomic E-state index is 13.4. The summed E-state index contributed by atoms with van der Waals surface area (Å²) in [7, 11) is 2.01. The summed E-state index contributed by atoms with van der Waals surface area (Å²) in [6, 6.07) is 10.4. The highest BCUT2D eigenvalue weighted by atomic mass is 19.1. The standard InChI is InChI=1S/C23H26FN7/c1-29-20-9-16(2-3-18(20)13-26-29)8-17-11-23(12-17)14-30(15-23)7-5-25-19-4-6-31-21(10-19)27-28-22(31)24/h2-4,6,9-10,13,17,25H,5,7-8,11-12,14-15H2,1H3. The summed E-state index contributed by atoms with van der Waals surface area (Å²) in [5.74, 6) is 0.807. The van der Waals surface area contributed by atoms with Gasteiger partial charge in [-0.1, -0.05) is 17.2 Å². The molecule has 7 nitrogen and oxygen atoms in total. The molecule has 8 heteroatoms. The van der Waals surface area contributed by atoms with Crippen LogP contribution >= 0.6 is 0 Å². The molecule has 2 aliphatic rings. The van der Waals surface area contributed by atoms with Crippen LogP contribution in [-0.4, -0.2) is 55.5 Å². The van der Waals surface area contributed by atoms with Crippen LogP contribution in [0.2, 0.25) is 0 Å². The Morgan fingerprint density at radius 3 is 2.90 bits per heavy atom. The lowest BCUT2D eigenvalue weighted by Gasteiger charge is -2.59. The Morgan fingerprint density at radius 1 is 1.16 bits per heavy atom. The number of benzene rings is 1. The third kappa shape index (κ3) is 3.35. The number of pyridine rings is 1. The molecule has 1 N–H and O–H groups in total. The Hall–Kier alpha value is -3.00. The lowest BCUT2D eigenvalue weighted by atomic mass is 9.56. The van der Waals surface area contributed by atoms with Crippen LogP contribution in [-0.2, 0) is 13.5 Å². The molecule has 0 amide bonds. The zero-order chi connectivity index (χ0) is 21.0. The van der Waals surface area contributed by atoms with E-state index in [4.69, 9.17) is 0 Å². The Morgan fingerprint density at radius 2 is 2.03 bits per heavy atom. The molecule has 1 aliphatic heterocycles. The molecule has 1 saturated carbocycles. The summed E-state index contributed by atoms with van der Waals surface area (Å²) >= 11 is 0. The summed E-state index contributed by atoms with van der Waals surface area (Å²) in [4.78, 5) is 2.53. The van der Waals surface area contributed by atoms with Gasteiger partial charge >= 0.3 is 6.08 Å². The van der Waals surface area contributed by atoms with Crippen LogP contribution in [0.15, 0.2) is 42.7 Å². The molecule has 4 aromatic rings. The van der Waals surface area contributed by atoms with Gasteiger partial charge in [-0.15, -0.1) is 5.10 Å². The van der Waals surface area contributed by atoms with Gasteiger partial charge in [0, 0.05) is 56.6 Å². The number of hydrogen-bond acceptors (Lipinski definition) is 5. The number of fused-ring (bicyclic) bond motifs is 2. The first-order chi connectivity index (χ1) is 15.1. The van der Waals surface area contributed by atoms with E-state index >= 15 is 0 Å². The van der Waals surface area contributed by atoms with Crippen LogP contribution < -0.4 is 5.32 Å². The average Bonchev–Trinajstić information content (AvgIpc) is 3.27. The predicted molar refractivity (Wildman–Crippen MR) is 117 cm³/mol.